The molecule has 4 nitrogen and oxygen atoms in total. The Morgan fingerprint density at radius 3 is 2.29 bits per heavy atom. The zero-order valence-corrected chi connectivity index (χ0v) is 20.9. The summed E-state index contributed by atoms with van der Waals surface area (Å²) in [6.45, 7) is 6.79. The van der Waals surface area contributed by atoms with E-state index in [-0.39, 0.29) is 24.1 Å². The Kier molecular flexibility index (Phi) is 10.5. The van der Waals surface area contributed by atoms with Gasteiger partial charge in [0.15, 0.2) is 0 Å². The maximum absolute atomic E-state index is 13.2. The fourth-order valence-corrected chi connectivity index (χ4v) is 4.17. The van der Waals surface area contributed by atoms with Crippen LogP contribution in [-0.2, 0) is 16.1 Å². The van der Waals surface area contributed by atoms with E-state index in [1.807, 2.05) is 39.0 Å². The number of benzene rings is 2. The zero-order chi connectivity index (χ0) is 23.0. The summed E-state index contributed by atoms with van der Waals surface area (Å²) in [4.78, 5) is 28.7. The molecule has 0 aliphatic carbocycles. The van der Waals surface area contributed by atoms with Crippen molar-refractivity contribution < 1.29 is 9.59 Å². The van der Waals surface area contributed by atoms with Crippen LogP contribution in [0.2, 0.25) is 15.1 Å². The monoisotopic (exact) mass is 500 g/mol. The average Bonchev–Trinajstić information content (AvgIpc) is 2.74. The molecule has 168 valence electrons. The highest BCUT2D eigenvalue weighted by atomic mass is 35.5. The molecule has 8 heteroatoms. The number of hydrogen-bond donors (Lipinski definition) is 1. The summed E-state index contributed by atoms with van der Waals surface area (Å²) in [5, 5.41) is 4.46. The van der Waals surface area contributed by atoms with Crippen LogP contribution in [-0.4, -0.2) is 35.1 Å². The summed E-state index contributed by atoms with van der Waals surface area (Å²) < 4.78 is 0. The molecule has 2 amide bonds. The molecule has 0 saturated carbocycles. The SMILES string of the molecule is CCC(C(=O)NCC(C)C)N(Cc1ccc(Cl)c(Cl)c1)C(=O)CSc1ccc(Cl)cc1. The van der Waals surface area contributed by atoms with Crippen LogP contribution in [0, 0.1) is 5.92 Å². The maximum atomic E-state index is 13.2. The van der Waals surface area contributed by atoms with Crippen LogP contribution in [0.5, 0.6) is 0 Å². The summed E-state index contributed by atoms with van der Waals surface area (Å²) in [6, 6.07) is 12.0. The predicted octanol–water partition coefficient (Wildman–Crippen LogP) is 6.32. The number of amides is 2. The van der Waals surface area contributed by atoms with E-state index in [2.05, 4.69) is 5.32 Å². The number of carbonyl (C=O) groups is 2. The first-order valence-electron chi connectivity index (χ1n) is 10.1. The molecule has 0 fully saturated rings. The number of carbonyl (C=O) groups excluding carboxylic acids is 2. The van der Waals surface area contributed by atoms with Gasteiger partial charge in [-0.1, -0.05) is 61.6 Å². The molecule has 0 aromatic heterocycles. The molecule has 0 bridgehead atoms. The molecule has 0 radical (unpaired) electrons. The van der Waals surface area contributed by atoms with Crippen molar-refractivity contribution in [3.63, 3.8) is 0 Å². The van der Waals surface area contributed by atoms with Crippen LogP contribution in [0.15, 0.2) is 47.4 Å². The van der Waals surface area contributed by atoms with Crippen molar-refractivity contribution in [3.8, 4) is 0 Å². The maximum Gasteiger partial charge on any atom is 0.242 e. The van der Waals surface area contributed by atoms with E-state index in [4.69, 9.17) is 34.8 Å². The van der Waals surface area contributed by atoms with Crippen molar-refractivity contribution in [2.24, 2.45) is 5.92 Å². The van der Waals surface area contributed by atoms with E-state index < -0.39 is 6.04 Å². The molecule has 0 aliphatic heterocycles. The summed E-state index contributed by atoms with van der Waals surface area (Å²) >= 11 is 19.5. The van der Waals surface area contributed by atoms with Crippen LogP contribution >= 0.6 is 46.6 Å². The number of hydrogen-bond acceptors (Lipinski definition) is 3. The van der Waals surface area contributed by atoms with E-state index in [9.17, 15) is 9.59 Å². The number of halogens is 3. The van der Waals surface area contributed by atoms with E-state index in [1.54, 1.807) is 29.2 Å². The highest BCUT2D eigenvalue weighted by molar-refractivity contribution is 8.00. The first kappa shape index (κ1) is 25.9. The first-order chi connectivity index (χ1) is 14.7. The first-order valence-corrected chi connectivity index (χ1v) is 12.2. The third-order valence-electron chi connectivity index (χ3n) is 4.58. The van der Waals surface area contributed by atoms with Gasteiger partial charge >= 0.3 is 0 Å². The molecule has 1 unspecified atom stereocenters. The summed E-state index contributed by atoms with van der Waals surface area (Å²) in [7, 11) is 0. The Morgan fingerprint density at radius 1 is 1.03 bits per heavy atom. The number of rotatable bonds is 10. The minimum absolute atomic E-state index is 0.127. The van der Waals surface area contributed by atoms with Gasteiger partial charge in [0.05, 0.1) is 15.8 Å². The standard InChI is InChI=1S/C23H27Cl3N2O2S/c1-4-21(23(30)27-12-15(2)3)28(13-16-5-10-19(25)20(26)11-16)22(29)14-31-18-8-6-17(24)7-9-18/h5-11,15,21H,4,12-14H2,1-3H3,(H,27,30). The van der Waals surface area contributed by atoms with Crippen molar-refractivity contribution in [2.75, 3.05) is 12.3 Å². The topological polar surface area (TPSA) is 49.4 Å². The lowest BCUT2D eigenvalue weighted by Crippen LogP contribution is -2.50. The van der Waals surface area contributed by atoms with Gasteiger partial charge in [0, 0.05) is 23.0 Å². The molecule has 0 heterocycles. The van der Waals surface area contributed by atoms with Gasteiger partial charge in [0.2, 0.25) is 11.8 Å². The lowest BCUT2D eigenvalue weighted by molar-refractivity contribution is -0.139. The van der Waals surface area contributed by atoms with Crippen molar-refractivity contribution in [3.05, 3.63) is 63.1 Å². The lowest BCUT2D eigenvalue weighted by Gasteiger charge is -2.31. The Labute approximate surface area is 203 Å². The smallest absolute Gasteiger partial charge is 0.242 e. The number of nitrogens with zero attached hydrogens (tertiary/aromatic N) is 1. The second kappa shape index (κ2) is 12.6. The molecule has 1 atom stereocenters. The lowest BCUT2D eigenvalue weighted by atomic mass is 10.1. The molecular formula is C23H27Cl3N2O2S. The minimum atomic E-state index is -0.577. The third-order valence-corrected chi connectivity index (χ3v) is 6.57. The summed E-state index contributed by atoms with van der Waals surface area (Å²) in [6.07, 6.45) is 0.503. The van der Waals surface area contributed by atoms with E-state index in [0.29, 0.717) is 34.0 Å². The van der Waals surface area contributed by atoms with Gasteiger partial charge in [0.25, 0.3) is 0 Å². The Balaban J connectivity index is 2.21. The molecule has 31 heavy (non-hydrogen) atoms. The molecule has 0 spiro atoms. The number of nitrogens with one attached hydrogen (secondary N) is 1. The Bertz CT molecular complexity index is 891. The number of thioether (sulfide) groups is 1. The molecular weight excluding hydrogens is 475 g/mol. The predicted molar refractivity (Wildman–Crippen MR) is 131 cm³/mol. The van der Waals surface area contributed by atoms with Gasteiger partial charge in [-0.25, -0.2) is 0 Å². The molecule has 0 aliphatic rings. The largest absolute Gasteiger partial charge is 0.354 e. The molecule has 2 rings (SSSR count). The zero-order valence-electron chi connectivity index (χ0n) is 17.8. The van der Waals surface area contributed by atoms with Crippen LogP contribution in [0.25, 0.3) is 0 Å². The molecule has 1 N–H and O–H groups in total. The highest BCUT2D eigenvalue weighted by Gasteiger charge is 2.28. The van der Waals surface area contributed by atoms with Crippen molar-refractivity contribution >= 4 is 58.4 Å². The van der Waals surface area contributed by atoms with Crippen LogP contribution in [0.1, 0.15) is 32.8 Å². The Hall–Kier alpha value is -1.40. The van der Waals surface area contributed by atoms with Gasteiger partial charge in [0.1, 0.15) is 6.04 Å². The minimum Gasteiger partial charge on any atom is -0.354 e. The Morgan fingerprint density at radius 2 is 1.71 bits per heavy atom. The van der Waals surface area contributed by atoms with E-state index in [1.165, 1.54) is 11.8 Å². The van der Waals surface area contributed by atoms with Gasteiger partial charge < -0.3 is 10.2 Å². The third kappa shape index (κ3) is 8.23. The van der Waals surface area contributed by atoms with E-state index in [0.717, 1.165) is 10.5 Å². The fourth-order valence-electron chi connectivity index (χ4n) is 2.94. The van der Waals surface area contributed by atoms with Crippen molar-refractivity contribution in [1.29, 1.82) is 0 Å². The van der Waals surface area contributed by atoms with Crippen molar-refractivity contribution in [1.82, 2.24) is 10.2 Å². The van der Waals surface area contributed by atoms with Gasteiger partial charge in [-0.05, 0) is 54.3 Å². The van der Waals surface area contributed by atoms with Gasteiger partial charge in [-0.3, -0.25) is 9.59 Å². The van der Waals surface area contributed by atoms with Crippen LogP contribution in [0.4, 0.5) is 0 Å². The highest BCUT2D eigenvalue weighted by Crippen LogP contribution is 2.25. The molecule has 2 aromatic carbocycles. The van der Waals surface area contributed by atoms with Crippen molar-refractivity contribution in [2.45, 2.75) is 44.7 Å². The van der Waals surface area contributed by atoms with Gasteiger partial charge in [-0.15, -0.1) is 11.8 Å². The fraction of sp³-hybridized carbons (Fsp3) is 0.391. The molecule has 0 saturated heterocycles. The van der Waals surface area contributed by atoms with Crippen LogP contribution in [0.3, 0.4) is 0 Å². The van der Waals surface area contributed by atoms with E-state index >= 15 is 0 Å². The van der Waals surface area contributed by atoms with Gasteiger partial charge in [-0.2, -0.15) is 0 Å². The quantitative estimate of drug-likeness (QED) is 0.388. The normalized spacial score (nSPS) is 12.0. The second-order valence-corrected chi connectivity index (χ2v) is 9.88. The molecule has 2 aromatic rings. The summed E-state index contributed by atoms with van der Waals surface area (Å²) in [5.74, 6) is 0.247. The van der Waals surface area contributed by atoms with Crippen LogP contribution < -0.4 is 5.32 Å². The second-order valence-electron chi connectivity index (χ2n) is 7.58. The average molecular weight is 502 g/mol. The summed E-state index contributed by atoms with van der Waals surface area (Å²) in [5.41, 5.74) is 0.814.